The molecule has 1 saturated heterocycles. The predicted octanol–water partition coefficient (Wildman–Crippen LogP) is 0.666. The third-order valence-electron chi connectivity index (χ3n) is 3.55. The summed E-state index contributed by atoms with van der Waals surface area (Å²) in [5, 5.41) is 10.6. The average Bonchev–Trinajstić information content (AvgIpc) is 3.09. The Kier molecular flexibility index (Phi) is 2.94. The van der Waals surface area contributed by atoms with Crippen molar-refractivity contribution in [3.05, 3.63) is 30.2 Å². The van der Waals surface area contributed by atoms with Crippen molar-refractivity contribution in [3.8, 4) is 0 Å². The van der Waals surface area contributed by atoms with Crippen molar-refractivity contribution in [1.82, 2.24) is 24.9 Å². The van der Waals surface area contributed by atoms with Gasteiger partial charge < -0.3 is 10.6 Å². The van der Waals surface area contributed by atoms with Crippen LogP contribution in [0.15, 0.2) is 24.7 Å². The highest BCUT2D eigenvalue weighted by Crippen LogP contribution is 2.23. The molecule has 19 heavy (non-hydrogen) atoms. The Hall–Kier alpha value is -2.31. The fraction of sp³-hybridized carbons (Fsp3) is 0.417. The average molecular weight is 260 g/mol. The molecule has 2 aromatic heterocycles. The maximum atomic E-state index is 12.2. The van der Waals surface area contributed by atoms with Crippen LogP contribution in [-0.4, -0.2) is 43.9 Å². The molecule has 1 aliphatic heterocycles. The molecule has 100 valence electrons. The molecule has 1 fully saturated rings. The standard InChI is InChI=1S/C12H16N6O/c13-11-10(8-14-16-11)12(19)17-6-2-9(3-7-17)18-5-1-4-15-18/h1,4-5,8-9H,2-3,6-7H2,(H3,13,14,16). The van der Waals surface area contributed by atoms with E-state index in [-0.39, 0.29) is 5.91 Å². The van der Waals surface area contributed by atoms with Crippen LogP contribution in [0, 0.1) is 0 Å². The van der Waals surface area contributed by atoms with Crippen molar-refractivity contribution in [2.45, 2.75) is 18.9 Å². The van der Waals surface area contributed by atoms with E-state index in [0.717, 1.165) is 12.8 Å². The van der Waals surface area contributed by atoms with Crippen LogP contribution >= 0.6 is 0 Å². The van der Waals surface area contributed by atoms with Crippen molar-refractivity contribution >= 4 is 11.7 Å². The normalized spacial score (nSPS) is 16.7. The molecular weight excluding hydrogens is 244 g/mol. The van der Waals surface area contributed by atoms with E-state index in [2.05, 4.69) is 15.3 Å². The van der Waals surface area contributed by atoms with Crippen molar-refractivity contribution in [3.63, 3.8) is 0 Å². The lowest BCUT2D eigenvalue weighted by Gasteiger charge is -2.31. The minimum absolute atomic E-state index is 0.0508. The SMILES string of the molecule is Nc1[nH]ncc1C(=O)N1CCC(n2cccn2)CC1. The summed E-state index contributed by atoms with van der Waals surface area (Å²) in [6, 6.07) is 2.30. The number of hydrogen-bond acceptors (Lipinski definition) is 4. The van der Waals surface area contributed by atoms with E-state index in [1.54, 1.807) is 6.20 Å². The van der Waals surface area contributed by atoms with Crippen LogP contribution in [0.1, 0.15) is 29.2 Å². The number of rotatable bonds is 2. The summed E-state index contributed by atoms with van der Waals surface area (Å²) in [6.07, 6.45) is 7.05. The zero-order valence-electron chi connectivity index (χ0n) is 10.5. The highest BCUT2D eigenvalue weighted by Gasteiger charge is 2.26. The van der Waals surface area contributed by atoms with Gasteiger partial charge in [-0.3, -0.25) is 14.6 Å². The highest BCUT2D eigenvalue weighted by atomic mass is 16.2. The zero-order chi connectivity index (χ0) is 13.2. The molecule has 0 aliphatic carbocycles. The van der Waals surface area contributed by atoms with Gasteiger partial charge in [0.1, 0.15) is 11.4 Å². The van der Waals surface area contributed by atoms with E-state index in [9.17, 15) is 4.79 Å². The van der Waals surface area contributed by atoms with E-state index >= 15 is 0 Å². The number of nitrogens with one attached hydrogen (secondary N) is 1. The lowest BCUT2D eigenvalue weighted by Crippen LogP contribution is -2.39. The summed E-state index contributed by atoms with van der Waals surface area (Å²) in [7, 11) is 0. The molecule has 0 radical (unpaired) electrons. The summed E-state index contributed by atoms with van der Waals surface area (Å²) in [4.78, 5) is 14.1. The molecule has 0 unspecified atom stereocenters. The molecule has 3 heterocycles. The van der Waals surface area contributed by atoms with Gasteiger partial charge in [-0.25, -0.2) is 0 Å². The number of nitrogens with zero attached hydrogens (tertiary/aromatic N) is 4. The number of piperidine rings is 1. The highest BCUT2D eigenvalue weighted by molar-refractivity contribution is 5.98. The Morgan fingerprint density at radius 3 is 2.79 bits per heavy atom. The molecule has 0 atom stereocenters. The van der Waals surface area contributed by atoms with E-state index in [1.165, 1.54) is 6.20 Å². The maximum Gasteiger partial charge on any atom is 0.259 e. The number of anilines is 1. The van der Waals surface area contributed by atoms with Crippen LogP contribution < -0.4 is 5.73 Å². The molecule has 0 aromatic carbocycles. The second-order valence-corrected chi connectivity index (χ2v) is 4.71. The van der Waals surface area contributed by atoms with Gasteiger partial charge in [0.05, 0.1) is 12.2 Å². The molecule has 3 N–H and O–H groups in total. The molecular formula is C12H16N6O. The molecule has 1 amide bonds. The largest absolute Gasteiger partial charge is 0.383 e. The summed E-state index contributed by atoms with van der Waals surface area (Å²) in [5.41, 5.74) is 6.13. The number of carbonyl (C=O) groups excluding carboxylic acids is 1. The van der Waals surface area contributed by atoms with Gasteiger partial charge in [-0.15, -0.1) is 0 Å². The number of nitrogens with two attached hydrogens (primary N) is 1. The smallest absolute Gasteiger partial charge is 0.259 e. The zero-order valence-corrected chi connectivity index (χ0v) is 10.5. The molecule has 0 saturated carbocycles. The van der Waals surface area contributed by atoms with Crippen molar-refractivity contribution < 1.29 is 4.79 Å². The molecule has 2 aromatic rings. The molecule has 7 heteroatoms. The van der Waals surface area contributed by atoms with E-state index < -0.39 is 0 Å². The Bertz CT molecular complexity index is 553. The number of amides is 1. The van der Waals surface area contributed by atoms with Gasteiger partial charge in [-0.1, -0.05) is 0 Å². The van der Waals surface area contributed by atoms with E-state index in [4.69, 9.17) is 5.73 Å². The first-order valence-electron chi connectivity index (χ1n) is 6.33. The summed E-state index contributed by atoms with van der Waals surface area (Å²) in [6.45, 7) is 1.43. The van der Waals surface area contributed by atoms with Crippen molar-refractivity contribution in [2.24, 2.45) is 0 Å². The summed E-state index contributed by atoms with van der Waals surface area (Å²) < 4.78 is 1.97. The quantitative estimate of drug-likeness (QED) is 0.829. The van der Waals surface area contributed by atoms with E-state index in [0.29, 0.717) is 30.5 Å². The monoisotopic (exact) mass is 260 g/mol. The number of aromatic amines is 1. The van der Waals surface area contributed by atoms with Crippen LogP contribution in [0.3, 0.4) is 0 Å². The third-order valence-corrected chi connectivity index (χ3v) is 3.55. The fourth-order valence-electron chi connectivity index (χ4n) is 2.47. The summed E-state index contributed by atoms with van der Waals surface area (Å²) >= 11 is 0. The van der Waals surface area contributed by atoms with Gasteiger partial charge in [-0.05, 0) is 18.9 Å². The first kappa shape index (κ1) is 11.8. The number of nitrogen functional groups attached to an aromatic ring is 1. The van der Waals surface area contributed by atoms with Crippen molar-refractivity contribution in [1.29, 1.82) is 0 Å². The van der Waals surface area contributed by atoms with Crippen LogP contribution in [0.5, 0.6) is 0 Å². The van der Waals surface area contributed by atoms with Crippen LogP contribution in [0.2, 0.25) is 0 Å². The second kappa shape index (κ2) is 4.75. The van der Waals surface area contributed by atoms with Gasteiger partial charge >= 0.3 is 0 Å². The lowest BCUT2D eigenvalue weighted by molar-refractivity contribution is 0.0691. The molecule has 7 nitrogen and oxygen atoms in total. The summed E-state index contributed by atoms with van der Waals surface area (Å²) in [5.74, 6) is 0.282. The van der Waals surface area contributed by atoms with Gasteiger partial charge in [-0.2, -0.15) is 10.2 Å². The van der Waals surface area contributed by atoms with Crippen LogP contribution in [0.4, 0.5) is 5.82 Å². The minimum atomic E-state index is -0.0508. The Morgan fingerprint density at radius 1 is 1.42 bits per heavy atom. The van der Waals surface area contributed by atoms with Crippen LogP contribution in [-0.2, 0) is 0 Å². The first-order valence-corrected chi connectivity index (χ1v) is 6.33. The van der Waals surface area contributed by atoms with Gasteiger partial charge in [0.15, 0.2) is 0 Å². The van der Waals surface area contributed by atoms with Gasteiger partial charge in [0, 0.05) is 25.5 Å². The molecule has 1 aliphatic rings. The van der Waals surface area contributed by atoms with Crippen molar-refractivity contribution in [2.75, 3.05) is 18.8 Å². The lowest BCUT2D eigenvalue weighted by atomic mass is 10.0. The Labute approximate surface area is 110 Å². The van der Waals surface area contributed by atoms with Crippen LogP contribution in [0.25, 0.3) is 0 Å². The van der Waals surface area contributed by atoms with E-state index in [1.807, 2.05) is 21.8 Å². The van der Waals surface area contributed by atoms with Gasteiger partial charge in [0.2, 0.25) is 0 Å². The molecule has 3 rings (SSSR count). The Morgan fingerprint density at radius 2 is 2.21 bits per heavy atom. The topological polar surface area (TPSA) is 92.8 Å². The predicted molar refractivity (Wildman–Crippen MR) is 69.4 cm³/mol. The number of H-pyrrole nitrogens is 1. The number of carbonyl (C=O) groups is 1. The minimum Gasteiger partial charge on any atom is -0.383 e. The molecule has 0 spiro atoms. The number of hydrogen-bond donors (Lipinski definition) is 2. The van der Waals surface area contributed by atoms with Gasteiger partial charge in [0.25, 0.3) is 5.91 Å². The number of aromatic nitrogens is 4. The first-order chi connectivity index (χ1) is 9.25. The Balaban J connectivity index is 1.64. The fourth-order valence-corrected chi connectivity index (χ4v) is 2.47. The second-order valence-electron chi connectivity index (χ2n) is 4.71. The molecule has 0 bridgehead atoms. The number of likely N-dealkylation sites (tertiary alicyclic amines) is 1. The third kappa shape index (κ3) is 2.18. The maximum absolute atomic E-state index is 12.2.